The van der Waals surface area contributed by atoms with Gasteiger partial charge in [0.2, 0.25) is 0 Å². The molecule has 0 amide bonds. The van der Waals surface area contributed by atoms with Gasteiger partial charge in [0.15, 0.2) is 11.5 Å². The van der Waals surface area contributed by atoms with Crippen LogP contribution in [0.3, 0.4) is 0 Å². The zero-order valence-electron chi connectivity index (χ0n) is 10.9. The van der Waals surface area contributed by atoms with E-state index in [0.29, 0.717) is 22.9 Å². The average molecular weight is 247 g/mol. The maximum atomic E-state index is 5.24. The number of hydrogen-bond donors (Lipinski definition) is 0. The molecule has 0 aliphatic heterocycles. The molecule has 0 radical (unpaired) electrons. The molecule has 4 nitrogen and oxygen atoms in total. The molecular weight excluding hydrogens is 230 g/mol. The Labute approximate surface area is 107 Å². The third kappa shape index (κ3) is 2.91. The first-order valence-corrected chi connectivity index (χ1v) is 5.39. The third-order valence-electron chi connectivity index (χ3n) is 2.30. The predicted molar refractivity (Wildman–Crippen MR) is 73.7 cm³/mol. The van der Waals surface area contributed by atoms with Gasteiger partial charge in [-0.3, -0.25) is 4.99 Å². The summed E-state index contributed by atoms with van der Waals surface area (Å²) in [5.74, 6) is 1.65. The molecule has 1 aromatic carbocycles. The molecule has 4 heteroatoms. The van der Waals surface area contributed by atoms with Crippen molar-refractivity contribution in [1.29, 1.82) is 0 Å². The molecular formula is C14H17NO3. The Morgan fingerprint density at radius 3 is 2.33 bits per heavy atom. The lowest BCUT2D eigenvalue weighted by molar-refractivity contribution is 0.354. The summed E-state index contributed by atoms with van der Waals surface area (Å²) in [7, 11) is 3.15. The van der Waals surface area contributed by atoms with Crippen molar-refractivity contribution in [2.45, 2.75) is 6.92 Å². The van der Waals surface area contributed by atoms with Crippen molar-refractivity contribution in [2.24, 2.45) is 4.99 Å². The fraction of sp³-hybridized carbons (Fsp3) is 0.214. The molecule has 0 aliphatic rings. The molecule has 0 saturated carbocycles. The highest BCUT2D eigenvalue weighted by Crippen LogP contribution is 2.37. The van der Waals surface area contributed by atoms with Gasteiger partial charge in [0, 0.05) is 17.8 Å². The van der Waals surface area contributed by atoms with E-state index in [9.17, 15) is 0 Å². The number of ether oxygens (including phenoxy) is 3. The number of hydrogen-bond acceptors (Lipinski definition) is 4. The van der Waals surface area contributed by atoms with Crippen LogP contribution in [-0.4, -0.2) is 20.4 Å². The molecule has 0 saturated heterocycles. The van der Waals surface area contributed by atoms with Crippen LogP contribution in [0.2, 0.25) is 0 Å². The Hall–Kier alpha value is -2.23. The molecule has 0 unspecified atom stereocenters. The minimum Gasteiger partial charge on any atom is -0.493 e. The van der Waals surface area contributed by atoms with Gasteiger partial charge in [0.25, 0.3) is 0 Å². The molecule has 0 bridgehead atoms. The van der Waals surface area contributed by atoms with Crippen LogP contribution in [0, 0.1) is 0 Å². The Bertz CT molecular complexity index is 478. The molecule has 0 aromatic heterocycles. The average Bonchev–Trinajstić information content (AvgIpc) is 2.38. The lowest BCUT2D eigenvalue weighted by Crippen LogP contribution is -1.94. The maximum Gasteiger partial charge on any atom is 0.162 e. The largest absolute Gasteiger partial charge is 0.493 e. The van der Waals surface area contributed by atoms with Gasteiger partial charge in [-0.25, -0.2) is 0 Å². The molecule has 0 fully saturated rings. The molecule has 0 N–H and O–H groups in total. The summed E-state index contributed by atoms with van der Waals surface area (Å²) in [6.45, 7) is 9.16. The van der Waals surface area contributed by atoms with Crippen LogP contribution < -0.4 is 9.47 Å². The topological polar surface area (TPSA) is 40.0 Å². The van der Waals surface area contributed by atoms with Crippen LogP contribution in [0.5, 0.6) is 11.5 Å². The summed E-state index contributed by atoms with van der Waals surface area (Å²) in [5.41, 5.74) is 1.42. The molecule has 0 heterocycles. The first-order chi connectivity index (χ1) is 8.67. The molecule has 1 aromatic rings. The fourth-order valence-corrected chi connectivity index (χ4v) is 1.50. The van der Waals surface area contributed by atoms with Gasteiger partial charge in [0.1, 0.15) is 5.76 Å². The van der Waals surface area contributed by atoms with Crippen molar-refractivity contribution in [2.75, 3.05) is 14.2 Å². The van der Waals surface area contributed by atoms with E-state index in [4.69, 9.17) is 14.2 Å². The number of methoxy groups -OCH3 is 2. The summed E-state index contributed by atoms with van der Waals surface area (Å²) in [4.78, 5) is 4.26. The van der Waals surface area contributed by atoms with Gasteiger partial charge in [0.05, 0.1) is 26.2 Å². The molecule has 1 rings (SSSR count). The van der Waals surface area contributed by atoms with Crippen LogP contribution in [0.4, 0.5) is 5.69 Å². The first-order valence-electron chi connectivity index (χ1n) is 5.39. The summed E-state index contributed by atoms with van der Waals surface area (Å²) in [6, 6.07) is 3.54. The van der Waals surface area contributed by atoms with Gasteiger partial charge >= 0.3 is 0 Å². The van der Waals surface area contributed by atoms with Gasteiger partial charge < -0.3 is 14.2 Å². The fourth-order valence-electron chi connectivity index (χ4n) is 1.50. The predicted octanol–water partition coefficient (Wildman–Crippen LogP) is 3.56. The molecule has 0 aliphatic carbocycles. The van der Waals surface area contributed by atoms with E-state index in [2.05, 4.69) is 18.2 Å². The SMILES string of the molecule is C=COC(=C)c1cc(OC)c(OC)cc1N=CC. The minimum absolute atomic E-state index is 0.451. The standard InChI is InChI=1S/C14H17NO3/c1-6-15-12-9-14(17-5)13(16-4)8-11(12)10(3)18-7-2/h6-9H,2-3H2,1,4-5H3. The second-order valence-electron chi connectivity index (χ2n) is 3.32. The van der Waals surface area contributed by atoms with Crippen molar-refractivity contribution >= 4 is 17.7 Å². The van der Waals surface area contributed by atoms with E-state index in [1.54, 1.807) is 32.6 Å². The summed E-state index contributed by atoms with van der Waals surface area (Å²) < 4.78 is 15.7. The number of aliphatic imine (C=N–C) groups is 1. The molecule has 0 atom stereocenters. The van der Waals surface area contributed by atoms with E-state index in [0.717, 1.165) is 5.56 Å². The second kappa shape index (κ2) is 6.49. The Morgan fingerprint density at radius 2 is 1.83 bits per heavy atom. The van der Waals surface area contributed by atoms with Gasteiger partial charge in [-0.15, -0.1) is 0 Å². The van der Waals surface area contributed by atoms with E-state index < -0.39 is 0 Å². The van der Waals surface area contributed by atoms with E-state index in [-0.39, 0.29) is 0 Å². The van der Waals surface area contributed by atoms with Crippen LogP contribution >= 0.6 is 0 Å². The highest BCUT2D eigenvalue weighted by Gasteiger charge is 2.13. The van der Waals surface area contributed by atoms with Crippen molar-refractivity contribution in [3.63, 3.8) is 0 Å². The zero-order valence-corrected chi connectivity index (χ0v) is 10.9. The monoisotopic (exact) mass is 247 g/mol. The van der Waals surface area contributed by atoms with Gasteiger partial charge in [-0.05, 0) is 13.0 Å². The third-order valence-corrected chi connectivity index (χ3v) is 2.30. The number of nitrogens with zero attached hydrogens (tertiary/aromatic N) is 1. The highest BCUT2D eigenvalue weighted by molar-refractivity contribution is 5.76. The van der Waals surface area contributed by atoms with Crippen molar-refractivity contribution < 1.29 is 14.2 Å². The smallest absolute Gasteiger partial charge is 0.162 e. The van der Waals surface area contributed by atoms with Crippen molar-refractivity contribution in [1.82, 2.24) is 0 Å². The lowest BCUT2D eigenvalue weighted by atomic mass is 10.1. The van der Waals surface area contributed by atoms with Crippen LogP contribution in [0.1, 0.15) is 12.5 Å². The Balaban J connectivity index is 3.36. The second-order valence-corrected chi connectivity index (χ2v) is 3.32. The van der Waals surface area contributed by atoms with Gasteiger partial charge in [-0.1, -0.05) is 13.2 Å². The summed E-state index contributed by atoms with van der Waals surface area (Å²) in [6.07, 6.45) is 3.00. The van der Waals surface area contributed by atoms with Crippen molar-refractivity contribution in [3.05, 3.63) is 37.1 Å². The molecule has 18 heavy (non-hydrogen) atoms. The van der Waals surface area contributed by atoms with Crippen molar-refractivity contribution in [3.8, 4) is 11.5 Å². The Morgan fingerprint density at radius 1 is 1.22 bits per heavy atom. The lowest BCUT2D eigenvalue weighted by Gasteiger charge is -2.13. The number of benzene rings is 1. The van der Waals surface area contributed by atoms with Crippen LogP contribution in [0.15, 0.2) is 36.5 Å². The normalized spacial score (nSPS) is 10.2. The zero-order chi connectivity index (χ0) is 13.5. The summed E-state index contributed by atoms with van der Waals surface area (Å²) in [5, 5.41) is 0. The maximum absolute atomic E-state index is 5.24. The molecule has 0 spiro atoms. The Kier molecular flexibility index (Phi) is 4.99. The minimum atomic E-state index is 0.451. The van der Waals surface area contributed by atoms with E-state index >= 15 is 0 Å². The van der Waals surface area contributed by atoms with Crippen LogP contribution in [0.25, 0.3) is 5.76 Å². The summed E-state index contributed by atoms with van der Waals surface area (Å²) >= 11 is 0. The van der Waals surface area contributed by atoms with Gasteiger partial charge in [-0.2, -0.15) is 0 Å². The quantitative estimate of drug-likeness (QED) is 0.570. The van der Waals surface area contributed by atoms with Crippen LogP contribution in [-0.2, 0) is 4.74 Å². The van der Waals surface area contributed by atoms with E-state index in [1.165, 1.54) is 6.26 Å². The first kappa shape index (κ1) is 13.8. The highest BCUT2D eigenvalue weighted by atomic mass is 16.5. The number of rotatable bonds is 6. The van der Waals surface area contributed by atoms with E-state index in [1.807, 2.05) is 6.92 Å². The molecule has 96 valence electrons.